The molecule has 1 saturated carbocycles. The molecule has 0 spiro atoms. The lowest BCUT2D eigenvalue weighted by Gasteiger charge is -2.58. The summed E-state index contributed by atoms with van der Waals surface area (Å²) in [6.07, 6.45) is 7.93. The van der Waals surface area contributed by atoms with Crippen LogP contribution in [0.15, 0.2) is 54.6 Å². The molecule has 7 heteroatoms. The van der Waals surface area contributed by atoms with Crippen LogP contribution in [-0.2, 0) is 11.8 Å². The number of carbonyl (C=O) groups is 1. The highest BCUT2D eigenvalue weighted by atomic mass is 19.1. The Morgan fingerprint density at radius 1 is 1.00 bits per heavy atom. The first-order chi connectivity index (χ1) is 17.7. The SMILES string of the molecule is CN1CC[C@]23CCCC[C@H]2[C@@H]1Cc1ccc(O)cc13.O=C(O)c1cc(-c2ccc(F)cc2F)ccc1O. The minimum atomic E-state index is -1.32. The van der Waals surface area contributed by atoms with E-state index in [0.29, 0.717) is 17.2 Å². The van der Waals surface area contributed by atoms with E-state index in [1.165, 1.54) is 68.3 Å². The van der Waals surface area contributed by atoms with Crippen LogP contribution in [-0.4, -0.2) is 45.8 Å². The second-order valence-corrected chi connectivity index (χ2v) is 10.5. The Kier molecular flexibility index (Phi) is 6.67. The molecule has 1 heterocycles. The maximum absolute atomic E-state index is 13.5. The van der Waals surface area contributed by atoms with Crippen molar-refractivity contribution in [3.8, 4) is 22.6 Å². The summed E-state index contributed by atoms with van der Waals surface area (Å²) < 4.78 is 26.3. The number of fused-ring (bicyclic) bond motifs is 1. The number of nitrogens with zero attached hydrogens (tertiary/aromatic N) is 1. The van der Waals surface area contributed by atoms with Gasteiger partial charge >= 0.3 is 5.97 Å². The van der Waals surface area contributed by atoms with Crippen LogP contribution in [0, 0.1) is 17.6 Å². The number of rotatable bonds is 2. The van der Waals surface area contributed by atoms with Crippen molar-refractivity contribution in [2.75, 3.05) is 13.6 Å². The van der Waals surface area contributed by atoms with E-state index in [9.17, 15) is 23.8 Å². The summed E-state index contributed by atoms with van der Waals surface area (Å²) >= 11 is 0. The van der Waals surface area contributed by atoms with Crippen molar-refractivity contribution in [1.82, 2.24) is 4.90 Å². The second kappa shape index (κ2) is 9.78. The summed E-state index contributed by atoms with van der Waals surface area (Å²) in [5.74, 6) is -1.97. The van der Waals surface area contributed by atoms with Gasteiger partial charge in [0.05, 0.1) is 0 Å². The summed E-state index contributed by atoms with van der Waals surface area (Å²) in [7, 11) is 2.30. The van der Waals surface area contributed by atoms with Gasteiger partial charge in [-0.3, -0.25) is 0 Å². The Morgan fingerprint density at radius 2 is 1.81 bits per heavy atom. The molecule has 1 aliphatic heterocycles. The molecule has 2 fully saturated rings. The van der Waals surface area contributed by atoms with Gasteiger partial charge in [-0.1, -0.05) is 25.0 Å². The number of phenolic OH excluding ortho intramolecular Hbond substituents is 1. The molecule has 3 aromatic rings. The summed E-state index contributed by atoms with van der Waals surface area (Å²) in [5.41, 5.74) is 3.34. The minimum Gasteiger partial charge on any atom is -0.508 e. The molecule has 3 aromatic carbocycles. The summed E-state index contributed by atoms with van der Waals surface area (Å²) in [5, 5.41) is 28.1. The lowest BCUT2D eigenvalue weighted by molar-refractivity contribution is 0.00274. The monoisotopic (exact) mass is 507 g/mol. The van der Waals surface area contributed by atoms with E-state index >= 15 is 0 Å². The van der Waals surface area contributed by atoms with Crippen molar-refractivity contribution < 1.29 is 28.9 Å². The smallest absolute Gasteiger partial charge is 0.339 e. The van der Waals surface area contributed by atoms with Gasteiger partial charge in [-0.15, -0.1) is 0 Å². The van der Waals surface area contributed by atoms with Gasteiger partial charge in [0.2, 0.25) is 0 Å². The molecule has 3 N–H and O–H groups in total. The summed E-state index contributed by atoms with van der Waals surface area (Å²) in [4.78, 5) is 13.4. The van der Waals surface area contributed by atoms with Gasteiger partial charge < -0.3 is 20.2 Å². The molecule has 3 aliphatic rings. The van der Waals surface area contributed by atoms with Crippen LogP contribution in [0.4, 0.5) is 8.78 Å². The molecule has 0 unspecified atom stereocenters. The van der Waals surface area contributed by atoms with E-state index in [1.54, 1.807) is 0 Å². The van der Waals surface area contributed by atoms with Crippen LogP contribution in [0.5, 0.6) is 11.5 Å². The third-order valence-corrected chi connectivity index (χ3v) is 8.57. The molecule has 2 bridgehead atoms. The van der Waals surface area contributed by atoms with E-state index in [4.69, 9.17) is 5.11 Å². The first kappa shape index (κ1) is 25.2. The van der Waals surface area contributed by atoms with E-state index in [0.717, 1.165) is 30.2 Å². The van der Waals surface area contributed by atoms with E-state index in [1.807, 2.05) is 6.07 Å². The van der Waals surface area contributed by atoms with Crippen molar-refractivity contribution >= 4 is 5.97 Å². The predicted molar refractivity (Wildman–Crippen MR) is 137 cm³/mol. The van der Waals surface area contributed by atoms with Crippen LogP contribution in [0.1, 0.15) is 53.6 Å². The quantitative estimate of drug-likeness (QED) is 0.390. The molecule has 37 heavy (non-hydrogen) atoms. The van der Waals surface area contributed by atoms with Crippen LogP contribution in [0.3, 0.4) is 0 Å². The number of piperidine rings is 1. The van der Waals surface area contributed by atoms with Gasteiger partial charge in [-0.25, -0.2) is 13.6 Å². The first-order valence-corrected chi connectivity index (χ1v) is 12.7. The highest BCUT2D eigenvalue weighted by Gasteiger charge is 2.53. The fraction of sp³-hybridized carbons (Fsp3) is 0.367. The summed E-state index contributed by atoms with van der Waals surface area (Å²) in [6, 6.07) is 13.5. The molecule has 2 aliphatic carbocycles. The molecule has 5 nitrogen and oxygen atoms in total. The average Bonchev–Trinajstić information content (AvgIpc) is 2.87. The van der Waals surface area contributed by atoms with Gasteiger partial charge in [-0.05, 0) is 98.3 Å². The normalized spacial score (nSPS) is 24.3. The Hall–Kier alpha value is -3.45. The average molecular weight is 508 g/mol. The van der Waals surface area contributed by atoms with Crippen molar-refractivity contribution in [2.24, 2.45) is 5.92 Å². The number of aromatic carboxylic acids is 1. The lowest BCUT2D eigenvalue weighted by atomic mass is 9.52. The fourth-order valence-electron chi connectivity index (χ4n) is 6.78. The zero-order chi connectivity index (χ0) is 26.3. The number of hydrogen-bond acceptors (Lipinski definition) is 4. The van der Waals surface area contributed by atoms with Crippen molar-refractivity contribution in [1.29, 1.82) is 0 Å². The largest absolute Gasteiger partial charge is 0.508 e. The van der Waals surface area contributed by atoms with Crippen molar-refractivity contribution in [3.63, 3.8) is 0 Å². The number of halogens is 2. The van der Waals surface area contributed by atoms with Gasteiger partial charge in [0.15, 0.2) is 0 Å². The van der Waals surface area contributed by atoms with Crippen molar-refractivity contribution in [3.05, 3.63) is 82.9 Å². The lowest BCUT2D eigenvalue weighted by Crippen LogP contribution is -2.59. The molecule has 0 amide bonds. The molecule has 3 atom stereocenters. The topological polar surface area (TPSA) is 81.0 Å². The van der Waals surface area contributed by atoms with Gasteiger partial charge in [0.25, 0.3) is 0 Å². The number of carboxylic acid groups (broad SMARTS) is 1. The van der Waals surface area contributed by atoms with Gasteiger partial charge in [0.1, 0.15) is 28.7 Å². The second-order valence-electron chi connectivity index (χ2n) is 10.5. The Bertz CT molecular complexity index is 1340. The number of hydrogen-bond donors (Lipinski definition) is 3. The van der Waals surface area contributed by atoms with Gasteiger partial charge in [0, 0.05) is 23.1 Å². The maximum Gasteiger partial charge on any atom is 0.339 e. The Balaban J connectivity index is 0.000000152. The number of benzene rings is 3. The number of aromatic hydroxyl groups is 2. The molecular formula is C30H31F2NO4. The van der Waals surface area contributed by atoms with Crippen LogP contribution in [0.2, 0.25) is 0 Å². The molecule has 0 radical (unpaired) electrons. The number of carboxylic acids is 1. The number of likely N-dealkylation sites (N-methyl/N-ethyl adjacent to an activating group) is 1. The van der Waals surface area contributed by atoms with Crippen molar-refractivity contribution in [2.45, 2.75) is 50.0 Å². The van der Waals surface area contributed by atoms with Crippen LogP contribution >= 0.6 is 0 Å². The third-order valence-electron chi connectivity index (χ3n) is 8.57. The Morgan fingerprint density at radius 3 is 2.57 bits per heavy atom. The third kappa shape index (κ3) is 4.57. The minimum absolute atomic E-state index is 0.0684. The van der Waals surface area contributed by atoms with Gasteiger partial charge in [-0.2, -0.15) is 0 Å². The number of phenols is 2. The maximum atomic E-state index is 13.5. The highest BCUT2D eigenvalue weighted by molar-refractivity contribution is 5.92. The molecule has 194 valence electrons. The molecular weight excluding hydrogens is 476 g/mol. The zero-order valence-corrected chi connectivity index (χ0v) is 20.8. The number of likely N-dealkylation sites (tertiary alicyclic amines) is 1. The van der Waals surface area contributed by atoms with E-state index < -0.39 is 23.4 Å². The van der Waals surface area contributed by atoms with Crippen LogP contribution < -0.4 is 0 Å². The zero-order valence-electron chi connectivity index (χ0n) is 20.8. The van der Waals surface area contributed by atoms with Crippen LogP contribution in [0.25, 0.3) is 11.1 Å². The molecule has 6 rings (SSSR count). The standard InChI is InChI=1S/C17H23NO.C13H8F2O3/c1-18-9-8-17-7-3-2-4-14(17)16(18)10-12-5-6-13(19)11-15(12)17;14-8-2-3-9(11(15)6-8)7-1-4-12(16)10(5-7)13(17)18/h5-6,11,14,16,19H,2-4,7-10H2,1H3;1-6,16H,(H,17,18)/t14-,16-,17+;/m0./s1. The highest BCUT2D eigenvalue weighted by Crippen LogP contribution is 2.55. The predicted octanol–water partition coefficient (Wildman–Crippen LogP) is 6.12. The van der Waals surface area contributed by atoms with E-state index in [2.05, 4.69) is 24.1 Å². The first-order valence-electron chi connectivity index (χ1n) is 12.7. The summed E-state index contributed by atoms with van der Waals surface area (Å²) in [6.45, 7) is 1.22. The fourth-order valence-corrected chi connectivity index (χ4v) is 6.78. The Labute approximate surface area is 215 Å². The molecule has 1 saturated heterocycles. The molecule has 0 aromatic heterocycles. The van der Waals surface area contributed by atoms with E-state index in [-0.39, 0.29) is 16.7 Å².